The molecule has 110 valence electrons. The molecule has 1 N–H and O–H groups in total. The van der Waals surface area contributed by atoms with Gasteiger partial charge >= 0.3 is 0 Å². The third-order valence-electron chi connectivity index (χ3n) is 3.76. The van der Waals surface area contributed by atoms with E-state index in [4.69, 9.17) is 9.47 Å². The van der Waals surface area contributed by atoms with Gasteiger partial charge in [0.25, 0.3) is 0 Å². The van der Waals surface area contributed by atoms with Gasteiger partial charge in [-0.05, 0) is 43.8 Å². The number of benzene rings is 2. The summed E-state index contributed by atoms with van der Waals surface area (Å²) in [5.74, 6) is 1.31. The van der Waals surface area contributed by atoms with Crippen molar-refractivity contribution < 1.29 is 13.9 Å². The zero-order valence-electron chi connectivity index (χ0n) is 12.1. The molecule has 0 fully saturated rings. The Balaban J connectivity index is 1.84. The van der Waals surface area contributed by atoms with Crippen LogP contribution in [0.25, 0.3) is 0 Å². The summed E-state index contributed by atoms with van der Waals surface area (Å²) in [6.45, 7) is 2.18. The van der Waals surface area contributed by atoms with E-state index in [9.17, 15) is 4.39 Å². The molecule has 0 spiro atoms. The largest absolute Gasteiger partial charge is 0.489 e. The van der Waals surface area contributed by atoms with E-state index in [-0.39, 0.29) is 18.0 Å². The highest BCUT2D eigenvalue weighted by Crippen LogP contribution is 2.33. The molecule has 2 atom stereocenters. The number of aryl methyl sites for hydroxylation is 1. The number of halogens is 1. The number of fused-ring (bicyclic) bond motifs is 1. The Morgan fingerprint density at radius 2 is 2.05 bits per heavy atom. The molecular weight excluding hydrogens is 269 g/mol. The summed E-state index contributed by atoms with van der Waals surface area (Å²) in [6.07, 6.45) is -0.158. The summed E-state index contributed by atoms with van der Waals surface area (Å²) >= 11 is 0. The predicted octanol–water partition coefficient (Wildman–Crippen LogP) is 3.23. The second-order valence-electron chi connectivity index (χ2n) is 5.18. The fourth-order valence-corrected chi connectivity index (χ4v) is 2.65. The maximum absolute atomic E-state index is 13.3. The average molecular weight is 287 g/mol. The number of ether oxygens (including phenoxy) is 2. The van der Waals surface area contributed by atoms with Gasteiger partial charge in [0.05, 0.1) is 6.04 Å². The highest BCUT2D eigenvalue weighted by Gasteiger charge is 2.31. The molecule has 1 aliphatic heterocycles. The van der Waals surface area contributed by atoms with Crippen LogP contribution in [0.5, 0.6) is 11.5 Å². The lowest BCUT2D eigenvalue weighted by Gasteiger charge is -2.33. The third-order valence-corrected chi connectivity index (χ3v) is 3.76. The van der Waals surface area contributed by atoms with Crippen LogP contribution in [0.15, 0.2) is 42.5 Å². The number of hydrogen-bond donors (Lipinski definition) is 1. The van der Waals surface area contributed by atoms with Gasteiger partial charge in [0.15, 0.2) is 6.10 Å². The number of nitrogens with one attached hydrogen (secondary N) is 1. The first kappa shape index (κ1) is 13.9. The number of para-hydroxylation sites is 1. The van der Waals surface area contributed by atoms with Crippen molar-refractivity contribution in [1.82, 2.24) is 5.32 Å². The molecule has 0 bridgehead atoms. The molecule has 3 rings (SSSR count). The first-order valence-corrected chi connectivity index (χ1v) is 7.01. The standard InChI is InChI=1S/C17H18FNO2/c1-11-9-12(7-8-14(11)18)21-16-10-20-15-6-4-3-5-13(15)17(16)19-2/h3-9,16-17,19H,10H2,1-2H3. The van der Waals surface area contributed by atoms with Gasteiger partial charge in [-0.2, -0.15) is 0 Å². The van der Waals surface area contributed by atoms with E-state index in [1.54, 1.807) is 19.1 Å². The van der Waals surface area contributed by atoms with Crippen molar-refractivity contribution in [3.05, 3.63) is 59.4 Å². The van der Waals surface area contributed by atoms with Gasteiger partial charge in [0, 0.05) is 5.56 Å². The van der Waals surface area contributed by atoms with Crippen molar-refractivity contribution >= 4 is 0 Å². The van der Waals surface area contributed by atoms with Gasteiger partial charge < -0.3 is 14.8 Å². The van der Waals surface area contributed by atoms with Crippen molar-refractivity contribution in [2.24, 2.45) is 0 Å². The Labute approximate surface area is 123 Å². The van der Waals surface area contributed by atoms with E-state index in [2.05, 4.69) is 5.32 Å². The number of rotatable bonds is 3. The molecule has 0 saturated heterocycles. The van der Waals surface area contributed by atoms with Crippen molar-refractivity contribution in [2.75, 3.05) is 13.7 Å². The number of hydrogen-bond acceptors (Lipinski definition) is 3. The van der Waals surface area contributed by atoms with Crippen molar-refractivity contribution in [3.63, 3.8) is 0 Å². The molecule has 2 aromatic rings. The lowest BCUT2D eigenvalue weighted by molar-refractivity contribution is 0.0773. The second kappa shape index (κ2) is 5.74. The first-order chi connectivity index (χ1) is 10.2. The van der Waals surface area contributed by atoms with Gasteiger partial charge in [-0.1, -0.05) is 18.2 Å². The minimum absolute atomic E-state index is 0.0420. The molecule has 1 aliphatic rings. The van der Waals surface area contributed by atoms with Crippen LogP contribution in [0.2, 0.25) is 0 Å². The van der Waals surface area contributed by atoms with Crippen LogP contribution in [0.1, 0.15) is 17.2 Å². The molecule has 3 nitrogen and oxygen atoms in total. The Morgan fingerprint density at radius 1 is 1.24 bits per heavy atom. The van der Waals surface area contributed by atoms with Crippen LogP contribution in [0.3, 0.4) is 0 Å². The Hall–Kier alpha value is -2.07. The molecule has 0 amide bonds. The van der Waals surface area contributed by atoms with Crippen LogP contribution < -0.4 is 14.8 Å². The molecule has 4 heteroatoms. The molecule has 0 aromatic heterocycles. The minimum Gasteiger partial charge on any atom is -0.489 e. The third kappa shape index (κ3) is 2.72. The minimum atomic E-state index is -0.224. The summed E-state index contributed by atoms with van der Waals surface area (Å²) in [6, 6.07) is 12.8. The summed E-state index contributed by atoms with van der Waals surface area (Å²) in [7, 11) is 1.90. The SMILES string of the molecule is CNC1c2ccccc2OCC1Oc1ccc(F)c(C)c1. The highest BCUT2D eigenvalue weighted by molar-refractivity contribution is 5.39. The van der Waals surface area contributed by atoms with Crippen molar-refractivity contribution in [2.45, 2.75) is 19.1 Å². The lowest BCUT2D eigenvalue weighted by atomic mass is 9.98. The maximum Gasteiger partial charge on any atom is 0.152 e. The van der Waals surface area contributed by atoms with Crippen LogP contribution in [-0.2, 0) is 0 Å². The monoisotopic (exact) mass is 287 g/mol. The molecular formula is C17H18FNO2. The molecule has 2 aromatic carbocycles. The predicted molar refractivity (Wildman–Crippen MR) is 79.3 cm³/mol. The fraction of sp³-hybridized carbons (Fsp3) is 0.294. The van der Waals surface area contributed by atoms with Crippen LogP contribution in [0, 0.1) is 12.7 Å². The second-order valence-corrected chi connectivity index (χ2v) is 5.18. The zero-order chi connectivity index (χ0) is 14.8. The summed E-state index contributed by atoms with van der Waals surface area (Å²) in [5, 5.41) is 3.28. The van der Waals surface area contributed by atoms with Gasteiger partial charge in [-0.3, -0.25) is 0 Å². The van der Waals surface area contributed by atoms with E-state index >= 15 is 0 Å². The van der Waals surface area contributed by atoms with E-state index < -0.39 is 0 Å². The number of likely N-dealkylation sites (N-methyl/N-ethyl adjacent to an activating group) is 1. The molecule has 21 heavy (non-hydrogen) atoms. The molecule has 2 unspecified atom stereocenters. The molecule has 0 aliphatic carbocycles. The molecule has 0 radical (unpaired) electrons. The van der Waals surface area contributed by atoms with Crippen molar-refractivity contribution in [3.8, 4) is 11.5 Å². The normalized spacial score (nSPS) is 20.5. The Bertz CT molecular complexity index is 644. The van der Waals surface area contributed by atoms with E-state index in [0.717, 1.165) is 11.3 Å². The zero-order valence-corrected chi connectivity index (χ0v) is 12.1. The van der Waals surface area contributed by atoms with Crippen LogP contribution >= 0.6 is 0 Å². The Kier molecular flexibility index (Phi) is 3.80. The summed E-state index contributed by atoms with van der Waals surface area (Å²) in [4.78, 5) is 0. The molecule has 0 saturated carbocycles. The van der Waals surface area contributed by atoms with Crippen molar-refractivity contribution in [1.29, 1.82) is 0 Å². The van der Waals surface area contributed by atoms with E-state index in [1.807, 2.05) is 31.3 Å². The smallest absolute Gasteiger partial charge is 0.152 e. The molecule has 1 heterocycles. The van der Waals surface area contributed by atoms with E-state index in [1.165, 1.54) is 6.07 Å². The maximum atomic E-state index is 13.3. The fourth-order valence-electron chi connectivity index (χ4n) is 2.65. The van der Waals surface area contributed by atoms with E-state index in [0.29, 0.717) is 17.9 Å². The van der Waals surface area contributed by atoms with Gasteiger partial charge in [0.1, 0.15) is 23.9 Å². The topological polar surface area (TPSA) is 30.5 Å². The van der Waals surface area contributed by atoms with Gasteiger partial charge in [0.2, 0.25) is 0 Å². The Morgan fingerprint density at radius 3 is 2.81 bits per heavy atom. The first-order valence-electron chi connectivity index (χ1n) is 7.01. The van der Waals surface area contributed by atoms with Crippen LogP contribution in [-0.4, -0.2) is 19.8 Å². The lowest BCUT2D eigenvalue weighted by Crippen LogP contribution is -2.41. The summed E-state index contributed by atoms with van der Waals surface area (Å²) < 4.78 is 25.1. The quantitative estimate of drug-likeness (QED) is 0.940. The van der Waals surface area contributed by atoms with Crippen LogP contribution in [0.4, 0.5) is 4.39 Å². The van der Waals surface area contributed by atoms with Gasteiger partial charge in [-0.25, -0.2) is 4.39 Å². The van der Waals surface area contributed by atoms with Gasteiger partial charge in [-0.15, -0.1) is 0 Å². The summed E-state index contributed by atoms with van der Waals surface area (Å²) in [5.41, 5.74) is 1.65. The highest BCUT2D eigenvalue weighted by atomic mass is 19.1. The average Bonchev–Trinajstić information content (AvgIpc) is 2.51.